The third-order valence-corrected chi connectivity index (χ3v) is 4.42. The molecule has 2 unspecified atom stereocenters. The summed E-state index contributed by atoms with van der Waals surface area (Å²) in [6.07, 6.45) is 3.77. The molecule has 2 saturated heterocycles. The van der Waals surface area contributed by atoms with Crippen LogP contribution >= 0.6 is 0 Å². The predicted octanol–water partition coefficient (Wildman–Crippen LogP) is 2.25. The fourth-order valence-electron chi connectivity index (χ4n) is 3.52. The number of nitrogens with two attached hydrogens (primary N) is 1. The fraction of sp³-hybridized carbons (Fsp3) is 0.647. The molecule has 1 amide bonds. The Morgan fingerprint density at radius 3 is 2.48 bits per heavy atom. The first-order valence-corrected chi connectivity index (χ1v) is 8.26. The van der Waals surface area contributed by atoms with E-state index in [0.717, 1.165) is 38.0 Å². The molecule has 1 aromatic rings. The number of hydrogen-bond donors (Lipinski definition) is 1. The monoisotopic (exact) mass is 318 g/mol. The van der Waals surface area contributed by atoms with E-state index in [1.807, 2.05) is 44.0 Å². The molecule has 3 heterocycles. The Labute approximate surface area is 137 Å². The van der Waals surface area contributed by atoms with Gasteiger partial charge in [0.2, 0.25) is 0 Å². The highest BCUT2D eigenvalue weighted by Crippen LogP contribution is 2.32. The molecular formula is C17H26N4O2. The molecule has 2 N–H and O–H groups in total. The van der Waals surface area contributed by atoms with Crippen LogP contribution in [0.5, 0.6) is 0 Å². The van der Waals surface area contributed by atoms with Crippen molar-refractivity contribution in [3.63, 3.8) is 0 Å². The Kier molecular flexibility index (Phi) is 4.19. The summed E-state index contributed by atoms with van der Waals surface area (Å²) in [4.78, 5) is 20.9. The molecule has 2 bridgehead atoms. The Morgan fingerprint density at radius 1 is 1.30 bits per heavy atom. The second-order valence-corrected chi connectivity index (χ2v) is 7.56. The summed E-state index contributed by atoms with van der Waals surface area (Å²) in [5, 5.41) is 0. The van der Waals surface area contributed by atoms with Crippen LogP contribution in [0, 0.1) is 0 Å². The number of nitrogens with zero attached hydrogens (tertiary/aromatic N) is 3. The first kappa shape index (κ1) is 16.1. The summed E-state index contributed by atoms with van der Waals surface area (Å²) < 4.78 is 5.57. The third-order valence-electron chi connectivity index (χ3n) is 4.42. The molecule has 2 aliphatic rings. The van der Waals surface area contributed by atoms with E-state index in [0.29, 0.717) is 5.82 Å². The van der Waals surface area contributed by atoms with Gasteiger partial charge in [-0.1, -0.05) is 6.07 Å². The van der Waals surface area contributed by atoms with Crippen molar-refractivity contribution in [1.82, 2.24) is 14.8 Å². The van der Waals surface area contributed by atoms with E-state index in [1.54, 1.807) is 0 Å². The molecule has 0 saturated carbocycles. The van der Waals surface area contributed by atoms with Crippen LogP contribution in [0.4, 0.5) is 10.6 Å². The van der Waals surface area contributed by atoms with E-state index >= 15 is 0 Å². The van der Waals surface area contributed by atoms with Crippen molar-refractivity contribution in [3.05, 3.63) is 23.9 Å². The topological polar surface area (TPSA) is 71.7 Å². The normalized spacial score (nSPS) is 24.7. The molecule has 2 aliphatic heterocycles. The highest BCUT2D eigenvalue weighted by molar-refractivity contribution is 5.69. The van der Waals surface area contributed by atoms with Crippen molar-refractivity contribution in [1.29, 1.82) is 0 Å². The van der Waals surface area contributed by atoms with E-state index in [-0.39, 0.29) is 18.2 Å². The van der Waals surface area contributed by atoms with Crippen molar-refractivity contribution >= 4 is 11.9 Å². The summed E-state index contributed by atoms with van der Waals surface area (Å²) in [5.41, 5.74) is 6.35. The molecule has 0 aromatic carbocycles. The van der Waals surface area contributed by atoms with E-state index < -0.39 is 5.60 Å². The zero-order valence-electron chi connectivity index (χ0n) is 14.2. The van der Waals surface area contributed by atoms with Crippen LogP contribution in [-0.2, 0) is 11.3 Å². The largest absolute Gasteiger partial charge is 0.444 e. The second kappa shape index (κ2) is 6.00. The lowest BCUT2D eigenvalue weighted by Gasteiger charge is -2.41. The lowest BCUT2D eigenvalue weighted by atomic mass is 10.1. The summed E-state index contributed by atoms with van der Waals surface area (Å²) in [7, 11) is 0. The number of carbonyl (C=O) groups is 1. The Balaban J connectivity index is 1.62. The van der Waals surface area contributed by atoms with Gasteiger partial charge in [0.05, 0.1) is 0 Å². The van der Waals surface area contributed by atoms with Crippen molar-refractivity contribution in [3.8, 4) is 0 Å². The van der Waals surface area contributed by atoms with Crippen molar-refractivity contribution < 1.29 is 9.53 Å². The quantitative estimate of drug-likeness (QED) is 0.905. The number of piperazine rings is 1. The maximum absolute atomic E-state index is 12.4. The van der Waals surface area contributed by atoms with Crippen molar-refractivity contribution in [2.45, 2.75) is 57.8 Å². The van der Waals surface area contributed by atoms with Gasteiger partial charge in [-0.3, -0.25) is 9.80 Å². The molecular weight excluding hydrogens is 292 g/mol. The number of hydrogen-bond acceptors (Lipinski definition) is 5. The average molecular weight is 318 g/mol. The molecule has 3 rings (SSSR count). The molecule has 0 spiro atoms. The highest BCUT2D eigenvalue weighted by Gasteiger charge is 2.44. The van der Waals surface area contributed by atoms with E-state index in [2.05, 4.69) is 9.88 Å². The zero-order chi connectivity index (χ0) is 16.6. The van der Waals surface area contributed by atoms with Crippen LogP contribution in [0.1, 0.15) is 39.2 Å². The fourth-order valence-corrected chi connectivity index (χ4v) is 3.52. The molecule has 2 fully saturated rings. The minimum atomic E-state index is -0.441. The van der Waals surface area contributed by atoms with Gasteiger partial charge in [0.1, 0.15) is 11.4 Å². The number of aromatic nitrogens is 1. The van der Waals surface area contributed by atoms with Gasteiger partial charge in [-0.2, -0.15) is 0 Å². The van der Waals surface area contributed by atoms with Gasteiger partial charge in [-0.25, -0.2) is 9.78 Å². The molecule has 0 aliphatic carbocycles. The summed E-state index contributed by atoms with van der Waals surface area (Å²) in [5.74, 6) is 0.545. The molecule has 6 heteroatoms. The number of nitrogen functional groups attached to an aromatic ring is 1. The van der Waals surface area contributed by atoms with Gasteiger partial charge < -0.3 is 10.5 Å². The van der Waals surface area contributed by atoms with Gasteiger partial charge in [-0.15, -0.1) is 0 Å². The van der Waals surface area contributed by atoms with Crippen LogP contribution in [0.3, 0.4) is 0 Å². The Morgan fingerprint density at radius 2 is 1.96 bits per heavy atom. The Hall–Kier alpha value is -1.82. The number of pyridine rings is 1. The van der Waals surface area contributed by atoms with Crippen LogP contribution in [-0.4, -0.2) is 51.7 Å². The van der Waals surface area contributed by atoms with E-state index in [9.17, 15) is 4.79 Å². The maximum atomic E-state index is 12.4. The minimum absolute atomic E-state index is 0.168. The summed E-state index contributed by atoms with van der Waals surface area (Å²) in [6, 6.07) is 4.36. The summed E-state index contributed by atoms with van der Waals surface area (Å²) in [6.45, 7) is 8.37. The van der Waals surface area contributed by atoms with Gasteiger partial charge in [0.25, 0.3) is 0 Å². The SMILES string of the molecule is CC(C)(C)OC(=O)N1C2CCC1CN(Cc1ccc(N)nc1)C2. The van der Waals surface area contributed by atoms with E-state index in [1.165, 1.54) is 0 Å². The van der Waals surface area contributed by atoms with Crippen LogP contribution < -0.4 is 5.73 Å². The molecule has 1 aromatic heterocycles. The second-order valence-electron chi connectivity index (χ2n) is 7.56. The predicted molar refractivity (Wildman–Crippen MR) is 88.8 cm³/mol. The molecule has 6 nitrogen and oxygen atoms in total. The highest BCUT2D eigenvalue weighted by atomic mass is 16.6. The number of anilines is 1. The molecule has 23 heavy (non-hydrogen) atoms. The number of rotatable bonds is 2. The lowest BCUT2D eigenvalue weighted by Crippen LogP contribution is -2.56. The lowest BCUT2D eigenvalue weighted by molar-refractivity contribution is -0.00543. The van der Waals surface area contributed by atoms with Crippen LogP contribution in [0.2, 0.25) is 0 Å². The van der Waals surface area contributed by atoms with Crippen LogP contribution in [0.25, 0.3) is 0 Å². The number of amides is 1. The average Bonchev–Trinajstić information content (AvgIpc) is 2.72. The van der Waals surface area contributed by atoms with Gasteiger partial charge in [-0.05, 0) is 45.2 Å². The number of likely N-dealkylation sites (tertiary alicyclic amines) is 1. The van der Waals surface area contributed by atoms with Gasteiger partial charge >= 0.3 is 6.09 Å². The molecule has 126 valence electrons. The zero-order valence-corrected chi connectivity index (χ0v) is 14.2. The number of ether oxygens (including phenoxy) is 1. The van der Waals surface area contributed by atoms with E-state index in [4.69, 9.17) is 10.5 Å². The summed E-state index contributed by atoms with van der Waals surface area (Å²) >= 11 is 0. The van der Waals surface area contributed by atoms with Gasteiger partial charge in [0.15, 0.2) is 0 Å². The standard InChI is InChI=1S/C17H26N4O2/c1-17(2,3)23-16(22)21-13-5-6-14(21)11-20(10-13)9-12-4-7-15(18)19-8-12/h4,7-8,13-14H,5-6,9-11H2,1-3H3,(H2,18,19). The van der Waals surface area contributed by atoms with Crippen molar-refractivity contribution in [2.24, 2.45) is 0 Å². The van der Waals surface area contributed by atoms with Gasteiger partial charge in [0, 0.05) is 37.9 Å². The first-order valence-electron chi connectivity index (χ1n) is 8.26. The minimum Gasteiger partial charge on any atom is -0.444 e. The third kappa shape index (κ3) is 3.75. The molecule has 0 radical (unpaired) electrons. The molecule has 2 atom stereocenters. The smallest absolute Gasteiger partial charge is 0.410 e. The Bertz CT molecular complexity index is 553. The maximum Gasteiger partial charge on any atom is 0.410 e. The number of carbonyl (C=O) groups excluding carboxylic acids is 1. The number of fused-ring (bicyclic) bond motifs is 2. The first-order chi connectivity index (χ1) is 10.8. The van der Waals surface area contributed by atoms with Crippen molar-refractivity contribution in [2.75, 3.05) is 18.8 Å². The van der Waals surface area contributed by atoms with Crippen LogP contribution in [0.15, 0.2) is 18.3 Å².